The molecule has 0 fully saturated rings. The van der Waals surface area contributed by atoms with Crippen molar-refractivity contribution in [3.8, 4) is 0 Å². The van der Waals surface area contributed by atoms with Gasteiger partial charge in [-0.25, -0.2) is 4.79 Å². The highest BCUT2D eigenvalue weighted by atomic mass is 16.5. The summed E-state index contributed by atoms with van der Waals surface area (Å²) in [5, 5.41) is 2.45. The minimum atomic E-state index is -0.438. The zero-order valence-corrected chi connectivity index (χ0v) is 5.68. The zero-order chi connectivity index (χ0) is 7.28. The maximum absolute atomic E-state index is 10.3. The fraction of sp³-hybridized carbons (Fsp3) is 0.800. The quantitative estimate of drug-likeness (QED) is 0.541. The van der Waals surface area contributed by atoms with Gasteiger partial charge in [0.05, 0.1) is 7.11 Å². The van der Waals surface area contributed by atoms with E-state index in [1.807, 2.05) is 0 Å². The number of carbonyl (C=O) groups excluding carboxylic acids is 1. The van der Waals surface area contributed by atoms with Gasteiger partial charge in [0, 0.05) is 12.6 Å². The van der Waals surface area contributed by atoms with Crippen molar-refractivity contribution in [2.45, 2.75) is 13.0 Å². The molecule has 0 aromatic rings. The van der Waals surface area contributed by atoms with E-state index >= 15 is 0 Å². The Morgan fingerprint density at radius 2 is 2.44 bits per heavy atom. The maximum atomic E-state index is 10.3. The summed E-state index contributed by atoms with van der Waals surface area (Å²) in [6, 6.07) is -0.0240. The van der Waals surface area contributed by atoms with Gasteiger partial charge in [-0.2, -0.15) is 0 Å². The van der Waals surface area contributed by atoms with Crippen molar-refractivity contribution in [2.75, 3.05) is 13.7 Å². The molecule has 0 spiro atoms. The van der Waals surface area contributed by atoms with Crippen LogP contribution in [0, 0.1) is 0 Å². The Morgan fingerprint density at radius 3 is 2.78 bits per heavy atom. The van der Waals surface area contributed by atoms with Crippen molar-refractivity contribution in [1.82, 2.24) is 5.32 Å². The van der Waals surface area contributed by atoms with Gasteiger partial charge in [-0.05, 0) is 6.92 Å². The van der Waals surface area contributed by atoms with Crippen LogP contribution in [-0.2, 0) is 4.74 Å². The number of hydrogen-bond donors (Lipinski definition) is 2. The Labute approximate surface area is 54.4 Å². The fourth-order valence-electron chi connectivity index (χ4n) is 0.316. The van der Waals surface area contributed by atoms with Gasteiger partial charge < -0.3 is 15.8 Å². The van der Waals surface area contributed by atoms with Crippen LogP contribution in [0.5, 0.6) is 0 Å². The van der Waals surface area contributed by atoms with Crippen LogP contribution >= 0.6 is 0 Å². The lowest BCUT2D eigenvalue weighted by molar-refractivity contribution is 0.170. The number of amides is 1. The Balaban J connectivity index is 3.17. The van der Waals surface area contributed by atoms with E-state index in [4.69, 9.17) is 5.73 Å². The van der Waals surface area contributed by atoms with Gasteiger partial charge in [-0.3, -0.25) is 0 Å². The summed E-state index contributed by atoms with van der Waals surface area (Å²) in [7, 11) is 1.32. The molecule has 0 bridgehead atoms. The molecule has 0 rings (SSSR count). The predicted octanol–water partition coefficient (Wildman–Crippen LogP) is -0.310. The highest BCUT2D eigenvalue weighted by Gasteiger charge is 1.97. The molecular formula is C5H12N2O2. The van der Waals surface area contributed by atoms with Crippen LogP contribution in [0.4, 0.5) is 4.79 Å². The first kappa shape index (κ1) is 8.23. The third-order valence-electron chi connectivity index (χ3n) is 0.754. The average molecular weight is 132 g/mol. The molecule has 0 heterocycles. The van der Waals surface area contributed by atoms with Gasteiger partial charge in [0.15, 0.2) is 0 Å². The van der Waals surface area contributed by atoms with Crippen molar-refractivity contribution in [3.05, 3.63) is 0 Å². The standard InChI is InChI=1S/C5H12N2O2/c1-4(6)3-7-5(8)9-2/h4H,3,6H2,1-2H3,(H,7,8)/t4-/m0/s1. The molecule has 0 saturated carbocycles. The van der Waals surface area contributed by atoms with E-state index in [0.29, 0.717) is 6.54 Å². The summed E-state index contributed by atoms with van der Waals surface area (Å²) in [5.41, 5.74) is 5.33. The van der Waals surface area contributed by atoms with Gasteiger partial charge in [-0.15, -0.1) is 0 Å². The Hall–Kier alpha value is -0.770. The van der Waals surface area contributed by atoms with E-state index in [9.17, 15) is 4.79 Å². The molecule has 9 heavy (non-hydrogen) atoms. The van der Waals surface area contributed by atoms with Crippen LogP contribution in [0.25, 0.3) is 0 Å². The first-order valence-corrected chi connectivity index (χ1v) is 2.74. The number of nitrogens with one attached hydrogen (secondary N) is 1. The summed E-state index contributed by atoms with van der Waals surface area (Å²) in [5.74, 6) is 0. The maximum Gasteiger partial charge on any atom is 0.406 e. The number of nitrogens with two attached hydrogens (primary N) is 1. The van der Waals surface area contributed by atoms with Crippen LogP contribution in [0.15, 0.2) is 0 Å². The number of rotatable bonds is 2. The van der Waals surface area contributed by atoms with Gasteiger partial charge in [0.25, 0.3) is 0 Å². The normalized spacial score (nSPS) is 12.3. The molecule has 0 unspecified atom stereocenters. The molecule has 0 aliphatic rings. The fourth-order valence-corrected chi connectivity index (χ4v) is 0.316. The average Bonchev–Trinajstić information content (AvgIpc) is 1.83. The lowest BCUT2D eigenvalue weighted by Crippen LogP contribution is -2.34. The molecule has 0 radical (unpaired) electrons. The summed E-state index contributed by atoms with van der Waals surface area (Å²) in [6.07, 6.45) is -0.438. The molecule has 0 saturated heterocycles. The third-order valence-corrected chi connectivity index (χ3v) is 0.754. The van der Waals surface area contributed by atoms with E-state index in [1.165, 1.54) is 7.11 Å². The molecule has 0 aromatic heterocycles. The second-order valence-corrected chi connectivity index (χ2v) is 1.85. The molecule has 3 N–H and O–H groups in total. The molecule has 1 atom stereocenters. The van der Waals surface area contributed by atoms with E-state index in [2.05, 4.69) is 10.1 Å². The van der Waals surface area contributed by atoms with Gasteiger partial charge >= 0.3 is 6.09 Å². The Kier molecular flexibility index (Phi) is 3.79. The Morgan fingerprint density at radius 1 is 1.89 bits per heavy atom. The zero-order valence-electron chi connectivity index (χ0n) is 5.68. The largest absolute Gasteiger partial charge is 0.453 e. The van der Waals surface area contributed by atoms with E-state index in [0.717, 1.165) is 0 Å². The highest BCUT2D eigenvalue weighted by Crippen LogP contribution is 1.72. The number of carbonyl (C=O) groups is 1. The SMILES string of the molecule is COC(=O)NC[C@H](C)N. The molecule has 54 valence electrons. The van der Waals surface area contributed by atoms with Crippen LogP contribution in [0.1, 0.15) is 6.92 Å². The molecule has 0 aliphatic heterocycles. The van der Waals surface area contributed by atoms with Gasteiger partial charge in [0.1, 0.15) is 0 Å². The Bertz CT molecular complexity index is 93.0. The second-order valence-electron chi connectivity index (χ2n) is 1.85. The molecule has 4 heteroatoms. The van der Waals surface area contributed by atoms with Crippen molar-refractivity contribution < 1.29 is 9.53 Å². The summed E-state index contributed by atoms with van der Waals surface area (Å²) in [4.78, 5) is 10.3. The van der Waals surface area contributed by atoms with E-state index in [-0.39, 0.29) is 6.04 Å². The predicted molar refractivity (Wildman–Crippen MR) is 34.1 cm³/mol. The minimum absolute atomic E-state index is 0.0240. The number of methoxy groups -OCH3 is 1. The second kappa shape index (κ2) is 4.14. The van der Waals surface area contributed by atoms with Gasteiger partial charge in [-0.1, -0.05) is 0 Å². The summed E-state index contributed by atoms with van der Waals surface area (Å²) < 4.78 is 4.30. The summed E-state index contributed by atoms with van der Waals surface area (Å²) in [6.45, 7) is 2.25. The number of ether oxygens (including phenoxy) is 1. The van der Waals surface area contributed by atoms with Crippen LogP contribution in [0.2, 0.25) is 0 Å². The lowest BCUT2D eigenvalue weighted by Gasteiger charge is -2.04. The number of alkyl carbamates (subject to hydrolysis) is 1. The number of hydrogen-bond acceptors (Lipinski definition) is 3. The molecular weight excluding hydrogens is 120 g/mol. The van der Waals surface area contributed by atoms with E-state index < -0.39 is 6.09 Å². The van der Waals surface area contributed by atoms with Crippen LogP contribution < -0.4 is 11.1 Å². The molecule has 4 nitrogen and oxygen atoms in total. The first-order chi connectivity index (χ1) is 4.16. The van der Waals surface area contributed by atoms with Crippen molar-refractivity contribution in [1.29, 1.82) is 0 Å². The minimum Gasteiger partial charge on any atom is -0.453 e. The third kappa shape index (κ3) is 5.10. The highest BCUT2D eigenvalue weighted by molar-refractivity contribution is 5.66. The summed E-state index contributed by atoms with van der Waals surface area (Å²) >= 11 is 0. The molecule has 0 aliphatic carbocycles. The molecule has 1 amide bonds. The van der Waals surface area contributed by atoms with Crippen molar-refractivity contribution >= 4 is 6.09 Å². The lowest BCUT2D eigenvalue weighted by atomic mass is 10.4. The van der Waals surface area contributed by atoms with Gasteiger partial charge in [0.2, 0.25) is 0 Å². The molecule has 0 aromatic carbocycles. The van der Waals surface area contributed by atoms with Crippen molar-refractivity contribution in [3.63, 3.8) is 0 Å². The smallest absolute Gasteiger partial charge is 0.406 e. The monoisotopic (exact) mass is 132 g/mol. The topological polar surface area (TPSA) is 64.3 Å². The van der Waals surface area contributed by atoms with Crippen LogP contribution in [0.3, 0.4) is 0 Å². The van der Waals surface area contributed by atoms with Crippen LogP contribution in [-0.4, -0.2) is 25.8 Å². The van der Waals surface area contributed by atoms with E-state index in [1.54, 1.807) is 6.92 Å². The van der Waals surface area contributed by atoms with Crippen molar-refractivity contribution in [2.24, 2.45) is 5.73 Å². The first-order valence-electron chi connectivity index (χ1n) is 2.74.